The maximum Gasteiger partial charge on any atom is 0.306 e. The van der Waals surface area contributed by atoms with E-state index in [0.29, 0.717) is 12.8 Å². The van der Waals surface area contributed by atoms with Crippen molar-refractivity contribution in [3.63, 3.8) is 0 Å². The lowest BCUT2D eigenvalue weighted by atomic mass is 10.00. The van der Waals surface area contributed by atoms with Crippen molar-refractivity contribution < 1.29 is 56.8 Å². The number of ether oxygens (including phenoxy) is 4. The molecule has 206 valence electrons. The van der Waals surface area contributed by atoms with Gasteiger partial charge in [0.15, 0.2) is 12.4 Å². The maximum absolute atomic E-state index is 12.3. The Balaban J connectivity index is 2.69. The molecule has 1 rings (SSSR count). The van der Waals surface area contributed by atoms with Crippen LogP contribution in [0.25, 0.3) is 0 Å². The molecule has 0 saturated carbocycles. The molecule has 1 aliphatic heterocycles. The van der Waals surface area contributed by atoms with E-state index in [2.05, 4.69) is 6.92 Å². The molecule has 4 N–H and O–H groups in total. The van der Waals surface area contributed by atoms with Crippen LogP contribution in [0.15, 0.2) is 0 Å². The molecule has 12 nitrogen and oxygen atoms in total. The molecule has 0 aromatic rings. The molecule has 0 aromatic heterocycles. The smallest absolute Gasteiger partial charge is 0.306 e. The number of unbranched alkanes of at least 4 members (excludes halogenated alkanes) is 5. The van der Waals surface area contributed by atoms with Crippen molar-refractivity contribution in [1.29, 1.82) is 0 Å². The molecule has 0 spiro atoms. The minimum absolute atomic E-state index is 0.147. The number of carbonyl (C=O) groups is 2. The summed E-state index contributed by atoms with van der Waals surface area (Å²) in [6, 6.07) is 0. The number of aliphatic hydroxyl groups is 3. The Morgan fingerprint density at radius 1 is 0.943 bits per heavy atom. The Morgan fingerprint density at radius 2 is 1.60 bits per heavy atom. The largest absolute Gasteiger partial charge is 0.462 e. The summed E-state index contributed by atoms with van der Waals surface area (Å²) < 4.78 is 52.4. The summed E-state index contributed by atoms with van der Waals surface area (Å²) in [5, 5.41) is 30.1. The van der Waals surface area contributed by atoms with Gasteiger partial charge in [-0.2, -0.15) is 14.8 Å². The van der Waals surface area contributed by atoms with E-state index in [-0.39, 0.29) is 19.4 Å². The van der Waals surface area contributed by atoms with Crippen molar-refractivity contribution in [3.05, 3.63) is 6.92 Å². The number of hydrogen-bond donors (Lipinski definition) is 4. The van der Waals surface area contributed by atoms with Gasteiger partial charge in [0.2, 0.25) is 0 Å². The minimum atomic E-state index is -4.57. The maximum atomic E-state index is 12.3. The molecule has 0 unspecified atom stereocenters. The fourth-order valence-electron chi connectivity index (χ4n) is 3.40. The molecule has 0 radical (unpaired) electrons. The summed E-state index contributed by atoms with van der Waals surface area (Å²) in [6.07, 6.45) is -3.41. The van der Waals surface area contributed by atoms with Crippen molar-refractivity contribution in [2.45, 2.75) is 102 Å². The molecule has 0 aliphatic carbocycles. The van der Waals surface area contributed by atoms with Crippen molar-refractivity contribution in [1.82, 2.24) is 0 Å². The van der Waals surface area contributed by atoms with Crippen LogP contribution >= 0.6 is 0 Å². The fraction of sp³-hybridized carbons (Fsp3) is 0.864. The molecule has 1 saturated heterocycles. The minimum Gasteiger partial charge on any atom is -0.462 e. The van der Waals surface area contributed by atoms with E-state index in [4.69, 9.17) is 23.5 Å². The van der Waals surface area contributed by atoms with Gasteiger partial charge in [-0.3, -0.25) is 14.1 Å². The third-order valence-corrected chi connectivity index (χ3v) is 6.05. The SMILES string of the molecule is [CH2-]CCCCCCCC(=O)O[C@@H](COC(=O)CCC)CO[C@H]1O[C@@H](CS(=O)(=O)O)[C@H](O)[C@@H](O)[C@H]1O. The fourth-order valence-corrected chi connectivity index (χ4v) is 4.09. The van der Waals surface area contributed by atoms with Gasteiger partial charge in [-0.15, -0.1) is 0 Å². The number of aliphatic hydroxyl groups excluding tert-OH is 3. The highest BCUT2D eigenvalue weighted by Crippen LogP contribution is 2.23. The second-order valence-corrected chi connectivity index (χ2v) is 10.0. The van der Waals surface area contributed by atoms with E-state index in [0.717, 1.165) is 32.1 Å². The molecule has 1 aliphatic rings. The summed E-state index contributed by atoms with van der Waals surface area (Å²) >= 11 is 0. The molecule has 1 heterocycles. The number of carbonyl (C=O) groups excluding carboxylic acids is 2. The lowest BCUT2D eigenvalue weighted by Gasteiger charge is -2.40. The Hall–Kier alpha value is -1.35. The van der Waals surface area contributed by atoms with Gasteiger partial charge < -0.3 is 41.2 Å². The first-order valence-electron chi connectivity index (χ1n) is 11.9. The summed E-state index contributed by atoms with van der Waals surface area (Å²) in [5.41, 5.74) is 0. The van der Waals surface area contributed by atoms with E-state index < -0.39 is 71.2 Å². The van der Waals surface area contributed by atoms with Crippen LogP contribution in [0.3, 0.4) is 0 Å². The average molecular weight is 528 g/mol. The van der Waals surface area contributed by atoms with Crippen LogP contribution in [0.4, 0.5) is 0 Å². The summed E-state index contributed by atoms with van der Waals surface area (Å²) in [6.45, 7) is 4.83. The van der Waals surface area contributed by atoms with E-state index >= 15 is 0 Å². The molecule has 1 fully saturated rings. The first-order chi connectivity index (χ1) is 16.5. The van der Waals surface area contributed by atoms with Crippen molar-refractivity contribution in [3.8, 4) is 0 Å². The normalized spacial score (nSPS) is 25.7. The number of hydrogen-bond acceptors (Lipinski definition) is 11. The van der Waals surface area contributed by atoms with Crippen molar-refractivity contribution in [2.24, 2.45) is 0 Å². The predicted octanol–water partition coefficient (Wildman–Crippen LogP) is 0.518. The van der Waals surface area contributed by atoms with Gasteiger partial charge >= 0.3 is 11.9 Å². The van der Waals surface area contributed by atoms with Gasteiger partial charge in [-0.1, -0.05) is 32.6 Å². The first-order valence-corrected chi connectivity index (χ1v) is 13.5. The van der Waals surface area contributed by atoms with E-state index in [1.165, 1.54) is 0 Å². The van der Waals surface area contributed by atoms with Gasteiger partial charge in [-0.05, 0) is 12.8 Å². The molecular formula is C22H39O12S-. The molecule has 6 atom stereocenters. The van der Waals surface area contributed by atoms with E-state index in [1.807, 2.05) is 0 Å². The van der Waals surface area contributed by atoms with Crippen molar-refractivity contribution in [2.75, 3.05) is 19.0 Å². The quantitative estimate of drug-likeness (QED) is 0.0890. The zero-order valence-corrected chi connectivity index (χ0v) is 20.9. The Kier molecular flexibility index (Phi) is 14.8. The van der Waals surface area contributed by atoms with Crippen molar-refractivity contribution >= 4 is 22.1 Å². The standard InChI is InChI=1S/C22H39O12S/c1-3-5-6-7-8-9-11-18(24)33-15(12-31-17(23)10-4-2)13-32-22-21(27)20(26)19(25)16(34-22)14-35(28,29)30/h15-16,19-22,25-27H,1,3-14H2,2H3,(H,28,29,30)/q-1/t15-,16-,19-,20+,21+,22-/m0/s1. The Bertz CT molecular complexity index is 728. The van der Waals surface area contributed by atoms with Gasteiger partial charge in [0, 0.05) is 12.8 Å². The highest BCUT2D eigenvalue weighted by Gasteiger charge is 2.45. The predicted molar refractivity (Wildman–Crippen MR) is 122 cm³/mol. The second-order valence-electron chi connectivity index (χ2n) is 8.51. The molecule has 0 aromatic carbocycles. The van der Waals surface area contributed by atoms with Gasteiger partial charge in [0.25, 0.3) is 10.1 Å². The first kappa shape index (κ1) is 31.7. The van der Waals surface area contributed by atoms with Crippen LogP contribution < -0.4 is 0 Å². The Labute approximate surface area is 206 Å². The lowest BCUT2D eigenvalue weighted by Crippen LogP contribution is -2.60. The van der Waals surface area contributed by atoms with Crippen LogP contribution in [0.2, 0.25) is 0 Å². The Morgan fingerprint density at radius 3 is 2.23 bits per heavy atom. The molecule has 0 bridgehead atoms. The van der Waals surface area contributed by atoms with Gasteiger partial charge in [0.05, 0.1) is 6.61 Å². The summed E-state index contributed by atoms with van der Waals surface area (Å²) in [7, 11) is -4.57. The topological polar surface area (TPSA) is 186 Å². The van der Waals surface area contributed by atoms with Crippen LogP contribution in [0, 0.1) is 6.92 Å². The third-order valence-electron chi connectivity index (χ3n) is 5.30. The number of esters is 2. The van der Waals surface area contributed by atoms with Crippen LogP contribution in [0.5, 0.6) is 0 Å². The van der Waals surface area contributed by atoms with Gasteiger partial charge in [-0.25, -0.2) is 0 Å². The zero-order valence-electron chi connectivity index (χ0n) is 20.1. The molecule has 0 amide bonds. The van der Waals surface area contributed by atoms with E-state index in [9.17, 15) is 33.3 Å². The van der Waals surface area contributed by atoms with Crippen LogP contribution in [0.1, 0.15) is 64.7 Å². The average Bonchev–Trinajstić information content (AvgIpc) is 2.78. The van der Waals surface area contributed by atoms with E-state index in [1.54, 1.807) is 6.92 Å². The second kappa shape index (κ2) is 16.4. The lowest BCUT2D eigenvalue weighted by molar-refractivity contribution is -0.297. The van der Waals surface area contributed by atoms with Gasteiger partial charge in [0.1, 0.15) is 36.8 Å². The molecule has 13 heteroatoms. The van der Waals surface area contributed by atoms with Crippen LogP contribution in [-0.2, 0) is 38.7 Å². The number of rotatable bonds is 17. The molecular weight excluding hydrogens is 488 g/mol. The zero-order chi connectivity index (χ0) is 26.4. The highest BCUT2D eigenvalue weighted by atomic mass is 32.2. The monoisotopic (exact) mass is 527 g/mol. The third kappa shape index (κ3) is 13.0. The van der Waals surface area contributed by atoms with Crippen LogP contribution in [-0.4, -0.2) is 96.0 Å². The summed E-state index contributed by atoms with van der Waals surface area (Å²) in [5.74, 6) is -2.08. The summed E-state index contributed by atoms with van der Waals surface area (Å²) in [4.78, 5) is 24.0. The highest BCUT2D eigenvalue weighted by molar-refractivity contribution is 7.85. The molecule has 35 heavy (non-hydrogen) atoms.